The maximum atomic E-state index is 12.1. The van der Waals surface area contributed by atoms with Crippen LogP contribution in [0.25, 0.3) is 0 Å². The molecule has 0 aliphatic carbocycles. The van der Waals surface area contributed by atoms with Gasteiger partial charge in [0.05, 0.1) is 6.04 Å². The number of carboxylic acid groups (broad SMARTS) is 1. The maximum absolute atomic E-state index is 12.1. The molecule has 5 heteroatoms. The molecule has 1 aliphatic heterocycles. The zero-order valence-corrected chi connectivity index (χ0v) is 10.1. The first-order valence-corrected chi connectivity index (χ1v) is 5.69. The first kappa shape index (κ1) is 13.0. The van der Waals surface area contributed by atoms with Gasteiger partial charge in [0.2, 0.25) is 5.91 Å². The van der Waals surface area contributed by atoms with Gasteiger partial charge in [-0.3, -0.25) is 14.5 Å². The Morgan fingerprint density at radius 2 is 2.19 bits per heavy atom. The van der Waals surface area contributed by atoms with E-state index >= 15 is 0 Å². The first-order chi connectivity index (χ1) is 7.47. The molecule has 0 aromatic heterocycles. The lowest BCUT2D eigenvalue weighted by molar-refractivity contribution is -0.145. The van der Waals surface area contributed by atoms with E-state index in [0.717, 1.165) is 6.54 Å². The number of carbonyl (C=O) groups is 2. The van der Waals surface area contributed by atoms with Crippen molar-refractivity contribution in [2.24, 2.45) is 0 Å². The van der Waals surface area contributed by atoms with E-state index in [4.69, 9.17) is 5.11 Å². The molecule has 0 bridgehead atoms. The monoisotopic (exact) mass is 228 g/mol. The average Bonchev–Trinajstić information content (AvgIpc) is 2.16. The number of aliphatic carboxylic acids is 1. The van der Waals surface area contributed by atoms with Crippen LogP contribution in [0.15, 0.2) is 0 Å². The van der Waals surface area contributed by atoms with Crippen LogP contribution in [-0.4, -0.2) is 59.0 Å². The van der Waals surface area contributed by atoms with E-state index in [2.05, 4.69) is 0 Å². The summed E-state index contributed by atoms with van der Waals surface area (Å²) in [5.41, 5.74) is 0. The first-order valence-electron chi connectivity index (χ1n) is 5.69. The van der Waals surface area contributed by atoms with Gasteiger partial charge in [-0.25, -0.2) is 0 Å². The van der Waals surface area contributed by atoms with Gasteiger partial charge in [-0.1, -0.05) is 0 Å². The van der Waals surface area contributed by atoms with Crippen LogP contribution in [0.3, 0.4) is 0 Å². The van der Waals surface area contributed by atoms with Crippen LogP contribution in [-0.2, 0) is 9.59 Å². The minimum atomic E-state index is -0.845. The molecule has 1 heterocycles. The van der Waals surface area contributed by atoms with Gasteiger partial charge in [0.1, 0.15) is 0 Å². The van der Waals surface area contributed by atoms with Gasteiger partial charge >= 0.3 is 5.97 Å². The molecule has 0 aromatic carbocycles. The van der Waals surface area contributed by atoms with Crippen LogP contribution in [0.4, 0.5) is 0 Å². The Bertz CT molecular complexity index is 280. The number of nitrogens with zero attached hydrogens (tertiary/aromatic N) is 2. The largest absolute Gasteiger partial charge is 0.481 e. The standard InChI is InChI=1S/C11H20N2O3/c1-4-13-8(2)7-12(3)9(11(13)16)5-6-10(14)15/h8-9H,4-7H2,1-3H3,(H,14,15). The van der Waals surface area contributed by atoms with Crippen molar-refractivity contribution in [3.63, 3.8) is 0 Å². The summed E-state index contributed by atoms with van der Waals surface area (Å²) in [6.07, 6.45) is 0.445. The number of amides is 1. The summed E-state index contributed by atoms with van der Waals surface area (Å²) in [4.78, 5) is 26.4. The highest BCUT2D eigenvalue weighted by Gasteiger charge is 2.35. The van der Waals surface area contributed by atoms with Gasteiger partial charge in [0.25, 0.3) is 0 Å². The summed E-state index contributed by atoms with van der Waals surface area (Å²) in [6, 6.07) is -0.0594. The van der Waals surface area contributed by atoms with Crippen molar-refractivity contribution in [2.75, 3.05) is 20.1 Å². The van der Waals surface area contributed by atoms with Gasteiger partial charge < -0.3 is 10.0 Å². The summed E-state index contributed by atoms with van der Waals surface area (Å²) in [5.74, 6) is -0.784. The number of rotatable bonds is 4. The summed E-state index contributed by atoms with van der Waals surface area (Å²) in [6.45, 7) is 5.47. The van der Waals surface area contributed by atoms with Crippen molar-refractivity contribution in [2.45, 2.75) is 38.8 Å². The van der Waals surface area contributed by atoms with Gasteiger partial charge in [-0.15, -0.1) is 0 Å². The van der Waals surface area contributed by atoms with Crippen LogP contribution in [0, 0.1) is 0 Å². The molecule has 1 saturated heterocycles. The number of carbonyl (C=O) groups excluding carboxylic acids is 1. The van der Waals surface area contributed by atoms with E-state index in [0.29, 0.717) is 13.0 Å². The summed E-state index contributed by atoms with van der Waals surface area (Å²) in [7, 11) is 1.88. The molecular weight excluding hydrogens is 208 g/mol. The second-order valence-electron chi connectivity index (χ2n) is 4.36. The summed E-state index contributed by atoms with van der Waals surface area (Å²) in [5, 5.41) is 8.65. The van der Waals surface area contributed by atoms with Crippen molar-refractivity contribution < 1.29 is 14.7 Å². The Kier molecular flexibility index (Phi) is 4.29. The Morgan fingerprint density at radius 3 is 2.69 bits per heavy atom. The fraction of sp³-hybridized carbons (Fsp3) is 0.818. The molecule has 2 unspecified atom stereocenters. The predicted octanol–water partition coefficient (Wildman–Crippen LogP) is 0.402. The fourth-order valence-electron chi connectivity index (χ4n) is 2.31. The van der Waals surface area contributed by atoms with Crippen molar-refractivity contribution in [1.29, 1.82) is 0 Å². The van der Waals surface area contributed by atoms with Crippen molar-refractivity contribution in [3.05, 3.63) is 0 Å². The molecule has 1 fully saturated rings. The molecule has 92 valence electrons. The quantitative estimate of drug-likeness (QED) is 0.756. The van der Waals surface area contributed by atoms with Gasteiger partial charge in [0, 0.05) is 25.6 Å². The highest BCUT2D eigenvalue weighted by molar-refractivity contribution is 5.83. The van der Waals surface area contributed by atoms with Gasteiger partial charge in [0.15, 0.2) is 0 Å². The maximum Gasteiger partial charge on any atom is 0.303 e. The zero-order chi connectivity index (χ0) is 12.3. The molecule has 0 saturated carbocycles. The minimum absolute atomic E-state index is 0.0483. The molecule has 0 radical (unpaired) electrons. The second-order valence-corrected chi connectivity index (χ2v) is 4.36. The number of piperazine rings is 1. The van der Waals surface area contributed by atoms with Crippen LogP contribution in [0.2, 0.25) is 0 Å². The molecule has 16 heavy (non-hydrogen) atoms. The SMILES string of the molecule is CCN1C(=O)C(CCC(=O)O)N(C)CC1C. The van der Waals surface area contributed by atoms with Crippen LogP contribution < -0.4 is 0 Å². The second kappa shape index (κ2) is 5.30. The van der Waals surface area contributed by atoms with E-state index in [1.165, 1.54) is 0 Å². The molecule has 1 amide bonds. The summed E-state index contributed by atoms with van der Waals surface area (Å²) >= 11 is 0. The highest BCUT2D eigenvalue weighted by Crippen LogP contribution is 2.18. The Hall–Kier alpha value is -1.10. The average molecular weight is 228 g/mol. The Balaban J connectivity index is 2.67. The Morgan fingerprint density at radius 1 is 1.56 bits per heavy atom. The molecule has 2 atom stereocenters. The normalized spacial score (nSPS) is 27.2. The lowest BCUT2D eigenvalue weighted by atomic mass is 10.0. The molecular formula is C11H20N2O3. The number of hydrogen-bond acceptors (Lipinski definition) is 3. The van der Waals surface area contributed by atoms with Crippen molar-refractivity contribution in [3.8, 4) is 0 Å². The molecule has 0 spiro atoms. The zero-order valence-electron chi connectivity index (χ0n) is 10.1. The lowest BCUT2D eigenvalue weighted by Crippen LogP contribution is -2.59. The molecule has 5 nitrogen and oxygen atoms in total. The van der Waals surface area contributed by atoms with Crippen LogP contribution in [0.5, 0.6) is 0 Å². The fourth-order valence-corrected chi connectivity index (χ4v) is 2.31. The van der Waals surface area contributed by atoms with E-state index < -0.39 is 5.97 Å². The highest BCUT2D eigenvalue weighted by atomic mass is 16.4. The third kappa shape index (κ3) is 2.72. The van der Waals surface area contributed by atoms with E-state index in [1.54, 1.807) is 0 Å². The molecule has 0 aromatic rings. The minimum Gasteiger partial charge on any atom is -0.481 e. The summed E-state index contributed by atoms with van der Waals surface area (Å²) < 4.78 is 0. The van der Waals surface area contributed by atoms with Crippen LogP contribution in [0.1, 0.15) is 26.7 Å². The topological polar surface area (TPSA) is 60.9 Å². The van der Waals surface area contributed by atoms with E-state index in [9.17, 15) is 9.59 Å². The third-order valence-electron chi connectivity index (χ3n) is 3.16. The van der Waals surface area contributed by atoms with E-state index in [1.807, 2.05) is 30.7 Å². The van der Waals surface area contributed by atoms with Gasteiger partial charge in [-0.2, -0.15) is 0 Å². The number of carboxylic acids is 1. The number of likely N-dealkylation sites (N-methyl/N-ethyl adjacent to an activating group) is 2. The predicted molar refractivity (Wildman–Crippen MR) is 60.1 cm³/mol. The molecule has 1 aliphatic rings. The Labute approximate surface area is 96.0 Å². The smallest absolute Gasteiger partial charge is 0.303 e. The molecule has 1 rings (SSSR count). The third-order valence-corrected chi connectivity index (χ3v) is 3.16. The number of hydrogen-bond donors (Lipinski definition) is 1. The van der Waals surface area contributed by atoms with E-state index in [-0.39, 0.29) is 24.4 Å². The van der Waals surface area contributed by atoms with Crippen molar-refractivity contribution in [1.82, 2.24) is 9.80 Å². The molecule has 1 N–H and O–H groups in total. The van der Waals surface area contributed by atoms with Gasteiger partial charge in [-0.05, 0) is 27.3 Å². The van der Waals surface area contributed by atoms with Crippen LogP contribution >= 0.6 is 0 Å². The van der Waals surface area contributed by atoms with Crippen molar-refractivity contribution >= 4 is 11.9 Å². The lowest BCUT2D eigenvalue weighted by Gasteiger charge is -2.42.